The summed E-state index contributed by atoms with van der Waals surface area (Å²) in [6.45, 7) is 4.83. The van der Waals surface area contributed by atoms with Crippen LogP contribution in [0.3, 0.4) is 0 Å². The maximum absolute atomic E-state index is 12.2. The first-order valence-corrected chi connectivity index (χ1v) is 8.79. The van der Waals surface area contributed by atoms with Crippen molar-refractivity contribution in [1.82, 2.24) is 0 Å². The summed E-state index contributed by atoms with van der Waals surface area (Å²) in [5, 5.41) is 3.03. The fourth-order valence-electron chi connectivity index (χ4n) is 2.57. The van der Waals surface area contributed by atoms with Gasteiger partial charge in [-0.3, -0.25) is 4.79 Å². The second-order valence-corrected chi connectivity index (χ2v) is 6.07. The Morgan fingerprint density at radius 1 is 1.08 bits per heavy atom. The van der Waals surface area contributed by atoms with Gasteiger partial charge in [-0.15, -0.1) is 0 Å². The zero-order valence-electron chi connectivity index (χ0n) is 15.2. The Morgan fingerprint density at radius 3 is 2.44 bits per heavy atom. The van der Waals surface area contributed by atoms with Crippen molar-refractivity contribution >= 4 is 11.6 Å². The Balaban J connectivity index is 1.77. The molecule has 1 amide bonds. The molecule has 2 aromatic rings. The Morgan fingerprint density at radius 2 is 1.76 bits per heavy atom. The number of hydrogen-bond acceptors (Lipinski definition) is 3. The first-order chi connectivity index (χ1) is 12.1. The van der Waals surface area contributed by atoms with Gasteiger partial charge in [0.1, 0.15) is 11.5 Å². The normalized spacial score (nSPS) is 11.6. The molecule has 0 fully saturated rings. The standard InChI is InChI=1S/C21H27NO3/c1-4-16(2)19-8-5-6-9-20(19)22-21(23)10-7-15-25-18-13-11-17(24-3)12-14-18/h5-6,8-9,11-14,16H,4,7,10,15H2,1-3H3,(H,22,23)/t16-/m0/s1. The number of benzene rings is 2. The highest BCUT2D eigenvalue weighted by Crippen LogP contribution is 2.26. The van der Waals surface area contributed by atoms with Gasteiger partial charge in [0.25, 0.3) is 0 Å². The molecule has 134 valence electrons. The van der Waals surface area contributed by atoms with Gasteiger partial charge in [-0.05, 0) is 54.7 Å². The summed E-state index contributed by atoms with van der Waals surface area (Å²) in [4.78, 5) is 12.2. The van der Waals surface area contributed by atoms with Crippen LogP contribution in [0.15, 0.2) is 48.5 Å². The molecule has 0 heterocycles. The lowest BCUT2D eigenvalue weighted by Gasteiger charge is -2.15. The van der Waals surface area contributed by atoms with E-state index in [9.17, 15) is 4.79 Å². The number of methoxy groups -OCH3 is 1. The third-order valence-electron chi connectivity index (χ3n) is 4.25. The fraction of sp³-hybridized carbons (Fsp3) is 0.381. The van der Waals surface area contributed by atoms with Crippen LogP contribution in [0.1, 0.15) is 44.6 Å². The maximum atomic E-state index is 12.2. The molecule has 0 saturated carbocycles. The molecule has 4 nitrogen and oxygen atoms in total. The van der Waals surface area contributed by atoms with E-state index in [1.165, 1.54) is 5.56 Å². The van der Waals surface area contributed by atoms with E-state index in [0.717, 1.165) is 23.6 Å². The summed E-state index contributed by atoms with van der Waals surface area (Å²) in [7, 11) is 1.63. The van der Waals surface area contributed by atoms with Crippen LogP contribution in [0.4, 0.5) is 5.69 Å². The highest BCUT2D eigenvalue weighted by atomic mass is 16.5. The van der Waals surface area contributed by atoms with E-state index >= 15 is 0 Å². The molecule has 0 aromatic heterocycles. The van der Waals surface area contributed by atoms with Gasteiger partial charge in [0.15, 0.2) is 0 Å². The van der Waals surface area contributed by atoms with Crippen LogP contribution >= 0.6 is 0 Å². The van der Waals surface area contributed by atoms with Crippen molar-refractivity contribution in [2.45, 2.75) is 39.0 Å². The molecule has 0 radical (unpaired) electrons. The second kappa shape index (κ2) is 9.72. The lowest BCUT2D eigenvalue weighted by Crippen LogP contribution is -2.14. The molecule has 0 saturated heterocycles. The largest absolute Gasteiger partial charge is 0.497 e. The molecule has 0 aliphatic heterocycles. The molecular formula is C21H27NO3. The van der Waals surface area contributed by atoms with E-state index in [1.807, 2.05) is 42.5 Å². The lowest BCUT2D eigenvalue weighted by molar-refractivity contribution is -0.116. The van der Waals surface area contributed by atoms with Gasteiger partial charge in [0, 0.05) is 12.1 Å². The van der Waals surface area contributed by atoms with Gasteiger partial charge in [-0.1, -0.05) is 32.0 Å². The molecule has 4 heteroatoms. The Labute approximate surface area is 150 Å². The molecule has 2 rings (SSSR count). The van der Waals surface area contributed by atoms with Crippen molar-refractivity contribution < 1.29 is 14.3 Å². The highest BCUT2D eigenvalue weighted by molar-refractivity contribution is 5.91. The van der Waals surface area contributed by atoms with Crippen molar-refractivity contribution in [3.05, 3.63) is 54.1 Å². The van der Waals surface area contributed by atoms with Crippen molar-refractivity contribution in [2.75, 3.05) is 19.0 Å². The fourth-order valence-corrected chi connectivity index (χ4v) is 2.57. The van der Waals surface area contributed by atoms with Crippen molar-refractivity contribution in [2.24, 2.45) is 0 Å². The molecule has 0 bridgehead atoms. The van der Waals surface area contributed by atoms with Gasteiger partial charge in [-0.2, -0.15) is 0 Å². The number of carbonyl (C=O) groups excluding carboxylic acids is 1. The Hall–Kier alpha value is -2.49. The summed E-state index contributed by atoms with van der Waals surface area (Å²) in [6, 6.07) is 15.4. The minimum absolute atomic E-state index is 0.0223. The van der Waals surface area contributed by atoms with E-state index in [0.29, 0.717) is 25.4 Å². The van der Waals surface area contributed by atoms with E-state index in [1.54, 1.807) is 7.11 Å². The highest BCUT2D eigenvalue weighted by Gasteiger charge is 2.10. The zero-order valence-corrected chi connectivity index (χ0v) is 15.2. The Bertz CT molecular complexity index is 667. The molecule has 1 N–H and O–H groups in total. The van der Waals surface area contributed by atoms with Crippen molar-refractivity contribution in [3.8, 4) is 11.5 Å². The SMILES string of the molecule is CC[C@H](C)c1ccccc1NC(=O)CCCOc1ccc(OC)cc1. The van der Waals surface area contributed by atoms with Crippen LogP contribution in [-0.4, -0.2) is 19.6 Å². The van der Waals surface area contributed by atoms with Gasteiger partial charge >= 0.3 is 0 Å². The predicted molar refractivity (Wildman–Crippen MR) is 102 cm³/mol. The molecule has 0 aliphatic carbocycles. The number of anilines is 1. The summed E-state index contributed by atoms with van der Waals surface area (Å²) < 4.78 is 10.8. The number of hydrogen-bond donors (Lipinski definition) is 1. The average molecular weight is 341 g/mol. The van der Waals surface area contributed by atoms with Gasteiger partial charge in [0.2, 0.25) is 5.91 Å². The summed E-state index contributed by atoms with van der Waals surface area (Å²) >= 11 is 0. The molecular weight excluding hydrogens is 314 g/mol. The van der Waals surface area contributed by atoms with Crippen LogP contribution in [0.25, 0.3) is 0 Å². The number of para-hydroxylation sites is 1. The topological polar surface area (TPSA) is 47.6 Å². The molecule has 0 spiro atoms. The minimum Gasteiger partial charge on any atom is -0.497 e. The van der Waals surface area contributed by atoms with Gasteiger partial charge in [-0.25, -0.2) is 0 Å². The van der Waals surface area contributed by atoms with Crippen LogP contribution in [0.2, 0.25) is 0 Å². The van der Waals surface area contributed by atoms with Crippen LogP contribution in [0, 0.1) is 0 Å². The molecule has 2 aromatic carbocycles. The third kappa shape index (κ3) is 5.82. The van der Waals surface area contributed by atoms with E-state index in [2.05, 4.69) is 25.2 Å². The number of carbonyl (C=O) groups is 1. The van der Waals surface area contributed by atoms with Crippen LogP contribution in [-0.2, 0) is 4.79 Å². The summed E-state index contributed by atoms with van der Waals surface area (Å²) in [6.07, 6.45) is 2.15. The lowest BCUT2D eigenvalue weighted by atomic mass is 9.97. The first-order valence-electron chi connectivity index (χ1n) is 8.79. The zero-order chi connectivity index (χ0) is 18.1. The summed E-state index contributed by atoms with van der Waals surface area (Å²) in [5.74, 6) is 2.03. The maximum Gasteiger partial charge on any atom is 0.224 e. The molecule has 0 unspecified atom stereocenters. The minimum atomic E-state index is 0.0223. The number of nitrogens with one attached hydrogen (secondary N) is 1. The summed E-state index contributed by atoms with van der Waals surface area (Å²) in [5.41, 5.74) is 2.10. The van der Waals surface area contributed by atoms with Crippen LogP contribution in [0.5, 0.6) is 11.5 Å². The number of ether oxygens (including phenoxy) is 2. The quantitative estimate of drug-likeness (QED) is 0.652. The van der Waals surface area contributed by atoms with Gasteiger partial charge < -0.3 is 14.8 Å². The van der Waals surface area contributed by atoms with E-state index < -0.39 is 0 Å². The Kier molecular flexibility index (Phi) is 7.33. The molecule has 25 heavy (non-hydrogen) atoms. The van der Waals surface area contributed by atoms with Crippen molar-refractivity contribution in [1.29, 1.82) is 0 Å². The third-order valence-corrected chi connectivity index (χ3v) is 4.25. The smallest absolute Gasteiger partial charge is 0.224 e. The number of rotatable bonds is 9. The van der Waals surface area contributed by atoms with Crippen molar-refractivity contribution in [3.63, 3.8) is 0 Å². The predicted octanol–water partition coefficient (Wildman–Crippen LogP) is 5.01. The molecule has 0 aliphatic rings. The first kappa shape index (κ1) is 18.8. The van der Waals surface area contributed by atoms with Crippen LogP contribution < -0.4 is 14.8 Å². The van der Waals surface area contributed by atoms with Gasteiger partial charge in [0.05, 0.1) is 13.7 Å². The number of amides is 1. The monoisotopic (exact) mass is 341 g/mol. The average Bonchev–Trinajstić information content (AvgIpc) is 2.65. The molecule has 1 atom stereocenters. The van der Waals surface area contributed by atoms with E-state index in [-0.39, 0.29) is 5.91 Å². The van der Waals surface area contributed by atoms with E-state index in [4.69, 9.17) is 9.47 Å². The second-order valence-electron chi connectivity index (χ2n) is 6.07.